The lowest BCUT2D eigenvalue weighted by Gasteiger charge is -2.26. The fourth-order valence-corrected chi connectivity index (χ4v) is 6.63. The van der Waals surface area contributed by atoms with Crippen molar-refractivity contribution in [1.82, 2.24) is 24.2 Å². The number of hydrogen-bond acceptors (Lipinski definition) is 8. The van der Waals surface area contributed by atoms with Crippen LogP contribution in [0.15, 0.2) is 70.5 Å². The van der Waals surface area contributed by atoms with Gasteiger partial charge in [-0.2, -0.15) is 9.78 Å². The second-order valence-corrected chi connectivity index (χ2v) is 13.6. The van der Waals surface area contributed by atoms with Gasteiger partial charge >= 0.3 is 0 Å². The van der Waals surface area contributed by atoms with Gasteiger partial charge in [0, 0.05) is 55.8 Å². The van der Waals surface area contributed by atoms with E-state index >= 15 is 4.39 Å². The van der Waals surface area contributed by atoms with Crippen LogP contribution in [0.2, 0.25) is 0 Å². The third-order valence-electron chi connectivity index (χ3n) is 9.35. The van der Waals surface area contributed by atoms with Gasteiger partial charge in [-0.15, -0.1) is 0 Å². The van der Waals surface area contributed by atoms with E-state index in [0.29, 0.717) is 71.1 Å². The minimum absolute atomic E-state index is 0.0609. The highest BCUT2D eigenvalue weighted by Gasteiger charge is 2.27. The van der Waals surface area contributed by atoms with Crippen LogP contribution < -0.4 is 16.4 Å². The summed E-state index contributed by atoms with van der Waals surface area (Å²) in [5, 5.41) is 19.1. The number of carbonyl (C=O) groups excluding carboxylic acids is 1. The first-order valence-electron chi connectivity index (χ1n) is 16.3. The van der Waals surface area contributed by atoms with Gasteiger partial charge < -0.3 is 24.6 Å². The van der Waals surface area contributed by atoms with Gasteiger partial charge in [-0.3, -0.25) is 14.4 Å². The van der Waals surface area contributed by atoms with E-state index in [1.807, 2.05) is 26.8 Å². The molecule has 12 heteroatoms. The molecule has 4 heterocycles. The Kier molecular flexibility index (Phi) is 8.16. The van der Waals surface area contributed by atoms with E-state index in [4.69, 9.17) is 4.74 Å². The molecule has 0 radical (unpaired) electrons. The molecule has 1 amide bonds. The van der Waals surface area contributed by atoms with Gasteiger partial charge in [-0.25, -0.2) is 9.37 Å². The van der Waals surface area contributed by atoms with Crippen molar-refractivity contribution in [2.75, 3.05) is 31.6 Å². The van der Waals surface area contributed by atoms with Crippen LogP contribution in [0.1, 0.15) is 48.0 Å². The summed E-state index contributed by atoms with van der Waals surface area (Å²) in [6.07, 6.45) is 2.47. The number of pyridine rings is 2. The number of aromatic nitrogens is 4. The number of morpholine rings is 1. The molecule has 1 unspecified atom stereocenters. The minimum Gasteiger partial charge on any atom is -0.392 e. The summed E-state index contributed by atoms with van der Waals surface area (Å²) < 4.78 is 23.5. The largest absolute Gasteiger partial charge is 0.392 e. The highest BCUT2D eigenvalue weighted by Crippen LogP contribution is 2.36. The van der Waals surface area contributed by atoms with Gasteiger partial charge in [0.2, 0.25) is 0 Å². The summed E-state index contributed by atoms with van der Waals surface area (Å²) in [4.78, 5) is 46.4. The van der Waals surface area contributed by atoms with Gasteiger partial charge in [0.25, 0.3) is 17.0 Å². The fraction of sp³-hybridized carbons (Fsp3) is 0.324. The molecule has 49 heavy (non-hydrogen) atoms. The van der Waals surface area contributed by atoms with Crippen molar-refractivity contribution < 1.29 is 19.0 Å². The number of benzene rings is 2. The van der Waals surface area contributed by atoms with Crippen LogP contribution in [0.3, 0.4) is 0 Å². The topological polar surface area (TPSA) is 132 Å². The number of ether oxygens (including phenoxy) is 1. The zero-order valence-electron chi connectivity index (χ0n) is 27.8. The van der Waals surface area contributed by atoms with E-state index in [9.17, 15) is 19.5 Å². The number of nitrogens with zero attached hydrogens (tertiary/aromatic N) is 5. The quantitative estimate of drug-likeness (QED) is 0.292. The van der Waals surface area contributed by atoms with Crippen molar-refractivity contribution in [3.05, 3.63) is 110 Å². The van der Waals surface area contributed by atoms with Crippen LogP contribution in [-0.2, 0) is 30.0 Å². The molecule has 3 aromatic heterocycles. The van der Waals surface area contributed by atoms with E-state index in [2.05, 4.69) is 15.4 Å². The summed E-state index contributed by atoms with van der Waals surface area (Å²) in [6.45, 7) is 7.95. The molecule has 1 fully saturated rings. The summed E-state index contributed by atoms with van der Waals surface area (Å²) >= 11 is 0. The minimum atomic E-state index is -0.869. The summed E-state index contributed by atoms with van der Waals surface area (Å²) in [5.41, 5.74) is 3.27. The SMILES string of the molecule is Cn1c2c(cc(Nc3ccc(C(=O)N4CCOCC4)cn3)c1=O)-c1cccc(-n3ncc4cc(C(C)(C)C)cc(F)c4c3=O)c1CC(O)C2. The van der Waals surface area contributed by atoms with Crippen LogP contribution >= 0.6 is 0 Å². The number of rotatable bonds is 4. The summed E-state index contributed by atoms with van der Waals surface area (Å²) in [5.74, 6) is -0.373. The van der Waals surface area contributed by atoms with E-state index in [1.165, 1.54) is 27.7 Å². The number of aliphatic hydroxyl groups is 1. The number of amides is 1. The van der Waals surface area contributed by atoms with Crippen LogP contribution in [0, 0.1) is 5.82 Å². The van der Waals surface area contributed by atoms with Crippen molar-refractivity contribution in [3.8, 4) is 16.8 Å². The second kappa shape index (κ2) is 12.4. The first-order valence-corrected chi connectivity index (χ1v) is 16.3. The third-order valence-corrected chi connectivity index (χ3v) is 9.35. The Balaban J connectivity index is 1.29. The standard InChI is InChI=1S/C37H37FN6O5/c1-37(2,3)23-14-22-20-40-44(36(48)33(22)28(38)15-23)30-7-5-6-25-26(30)16-24(45)17-31-27(25)18-29(35(47)42(31)4)41-32-9-8-21(19-39-32)34(46)43-10-12-49-13-11-43/h5-9,14-15,18-20,24,45H,10-13,16-17H2,1-4H3,(H,39,41). The number of fused-ring (bicyclic) bond motifs is 4. The molecule has 5 aromatic rings. The Morgan fingerprint density at radius 3 is 2.49 bits per heavy atom. The van der Waals surface area contributed by atoms with Gasteiger partial charge in [-0.05, 0) is 58.5 Å². The molecule has 1 atom stereocenters. The lowest BCUT2D eigenvalue weighted by molar-refractivity contribution is 0.0302. The van der Waals surface area contributed by atoms with Crippen molar-refractivity contribution >= 4 is 28.2 Å². The van der Waals surface area contributed by atoms with Crippen molar-refractivity contribution in [1.29, 1.82) is 0 Å². The number of halogens is 1. The molecule has 1 aliphatic heterocycles. The molecule has 0 saturated carbocycles. The predicted molar refractivity (Wildman–Crippen MR) is 184 cm³/mol. The maximum Gasteiger partial charge on any atom is 0.282 e. The number of nitrogens with one attached hydrogen (secondary N) is 1. The Labute approximate surface area is 281 Å². The van der Waals surface area contributed by atoms with Crippen molar-refractivity contribution in [2.24, 2.45) is 7.05 Å². The Morgan fingerprint density at radius 1 is 1.00 bits per heavy atom. The molecular formula is C37H37FN6O5. The van der Waals surface area contributed by atoms with Crippen LogP contribution in [-0.4, -0.2) is 67.7 Å². The first-order chi connectivity index (χ1) is 23.4. The van der Waals surface area contributed by atoms with E-state index in [1.54, 1.807) is 48.3 Å². The zero-order chi connectivity index (χ0) is 34.6. The number of aliphatic hydroxyl groups excluding tert-OH is 1. The highest BCUT2D eigenvalue weighted by atomic mass is 19.1. The van der Waals surface area contributed by atoms with Gasteiger partial charge in [0.15, 0.2) is 0 Å². The second-order valence-electron chi connectivity index (χ2n) is 13.6. The zero-order valence-corrected chi connectivity index (χ0v) is 27.8. The van der Waals surface area contributed by atoms with Crippen molar-refractivity contribution in [3.63, 3.8) is 0 Å². The summed E-state index contributed by atoms with van der Waals surface area (Å²) in [7, 11) is 1.65. The van der Waals surface area contributed by atoms with Gasteiger partial charge in [0.1, 0.15) is 17.3 Å². The van der Waals surface area contributed by atoms with E-state index in [-0.39, 0.29) is 40.8 Å². The molecule has 11 nitrogen and oxygen atoms in total. The Bertz CT molecular complexity index is 2230. The molecule has 2 aliphatic rings. The van der Waals surface area contributed by atoms with Crippen LogP contribution in [0.5, 0.6) is 0 Å². The molecule has 1 saturated heterocycles. The van der Waals surface area contributed by atoms with Crippen LogP contribution in [0.25, 0.3) is 27.6 Å². The first kappa shape index (κ1) is 32.4. The van der Waals surface area contributed by atoms with Gasteiger partial charge in [0.05, 0.1) is 42.2 Å². The normalized spacial score (nSPS) is 16.2. The monoisotopic (exact) mass is 664 g/mol. The lowest BCUT2D eigenvalue weighted by atomic mass is 9.86. The smallest absolute Gasteiger partial charge is 0.282 e. The average Bonchev–Trinajstić information content (AvgIpc) is 3.23. The van der Waals surface area contributed by atoms with Gasteiger partial charge in [-0.1, -0.05) is 32.9 Å². The Morgan fingerprint density at radius 2 is 1.78 bits per heavy atom. The van der Waals surface area contributed by atoms with Crippen LogP contribution in [0.4, 0.5) is 15.9 Å². The fourth-order valence-electron chi connectivity index (χ4n) is 6.63. The highest BCUT2D eigenvalue weighted by molar-refractivity contribution is 5.94. The molecule has 2 N–H and O–H groups in total. The third kappa shape index (κ3) is 5.91. The average molecular weight is 665 g/mol. The number of hydrogen-bond donors (Lipinski definition) is 2. The lowest BCUT2D eigenvalue weighted by Crippen LogP contribution is -2.40. The molecule has 0 bridgehead atoms. The molecule has 0 spiro atoms. The maximum absolute atomic E-state index is 15.5. The van der Waals surface area contributed by atoms with E-state index in [0.717, 1.165) is 5.56 Å². The number of carbonyl (C=O) groups is 1. The molecule has 252 valence electrons. The summed E-state index contributed by atoms with van der Waals surface area (Å²) in [6, 6.07) is 13.6. The molecule has 2 aromatic carbocycles. The number of anilines is 2. The predicted octanol–water partition coefficient (Wildman–Crippen LogP) is 4.26. The molecule has 7 rings (SSSR count). The Hall–Kier alpha value is -5.20. The van der Waals surface area contributed by atoms with E-state index < -0.39 is 17.5 Å². The maximum atomic E-state index is 15.5. The molecular weight excluding hydrogens is 627 g/mol. The van der Waals surface area contributed by atoms with Crippen molar-refractivity contribution in [2.45, 2.75) is 45.1 Å². The molecule has 1 aliphatic carbocycles.